The number of rotatable bonds is 17. The van der Waals surface area contributed by atoms with Crippen LogP contribution in [-0.2, 0) is 14.2 Å². The second kappa shape index (κ2) is 38.7. The summed E-state index contributed by atoms with van der Waals surface area (Å²) in [4.78, 5) is 69.0. The van der Waals surface area contributed by atoms with Crippen LogP contribution in [0.15, 0.2) is 146 Å². The first-order chi connectivity index (χ1) is 38.3. The third-order valence-corrected chi connectivity index (χ3v) is 10.0. The van der Waals surface area contributed by atoms with Gasteiger partial charge in [0.25, 0.3) is 0 Å². The summed E-state index contributed by atoms with van der Waals surface area (Å²) in [5.74, 6) is -3.04. The number of carboxylic acids is 1. The van der Waals surface area contributed by atoms with Crippen molar-refractivity contribution in [2.75, 3.05) is 19.8 Å². The van der Waals surface area contributed by atoms with E-state index in [0.29, 0.717) is 47.5 Å². The van der Waals surface area contributed by atoms with Gasteiger partial charge in [-0.3, -0.25) is 0 Å². The molecule has 0 saturated heterocycles. The van der Waals surface area contributed by atoms with Crippen LogP contribution in [0.3, 0.4) is 0 Å². The molecule has 0 aliphatic carbocycles. The molecule has 0 fully saturated rings. The van der Waals surface area contributed by atoms with E-state index in [1.807, 2.05) is 13.8 Å². The highest BCUT2D eigenvalue weighted by Crippen LogP contribution is 2.21. The maximum absolute atomic E-state index is 11.9. The van der Waals surface area contributed by atoms with Gasteiger partial charge in [-0.25, -0.2) is 28.8 Å². The normalized spacial score (nSPS) is 11.5. The highest BCUT2D eigenvalue weighted by molar-refractivity contribution is 5.96. The summed E-state index contributed by atoms with van der Waals surface area (Å²) < 4.78 is 25.1. The molecule has 0 aliphatic rings. The number of aromatic carboxylic acids is 1. The Morgan fingerprint density at radius 2 is 0.864 bits per heavy atom. The lowest BCUT2D eigenvalue weighted by atomic mass is 10.2. The van der Waals surface area contributed by atoms with Crippen LogP contribution in [0.5, 0.6) is 34.5 Å². The van der Waals surface area contributed by atoms with Crippen molar-refractivity contribution in [2.45, 2.75) is 98.2 Å². The van der Waals surface area contributed by atoms with E-state index in [1.165, 1.54) is 133 Å². The van der Waals surface area contributed by atoms with Crippen LogP contribution in [0.4, 0.5) is 0 Å². The van der Waals surface area contributed by atoms with Gasteiger partial charge in [0, 0.05) is 6.61 Å². The Kier molecular flexibility index (Phi) is 33.5. The van der Waals surface area contributed by atoms with Gasteiger partial charge in [-0.15, -0.1) is 0 Å². The number of aliphatic hydroxyl groups is 5. The summed E-state index contributed by atoms with van der Waals surface area (Å²) in [5, 5.41) is 87.3. The maximum Gasteiger partial charge on any atom is 0.343 e. The summed E-state index contributed by atoms with van der Waals surface area (Å²) in [6.45, 7) is 12.5. The summed E-state index contributed by atoms with van der Waals surface area (Å²) in [6, 6.07) is 34.9. The van der Waals surface area contributed by atoms with E-state index in [2.05, 4.69) is 0 Å². The number of aliphatic hydroxyl groups excluding tert-OH is 5. The number of hydrogen-bond acceptors (Lipinski definition) is 20. The predicted octanol–water partition coefficient (Wildman–Crippen LogP) is 8.26. The summed E-state index contributed by atoms with van der Waals surface area (Å²) in [6.07, 6.45) is -0.378. The minimum atomic E-state index is -1.17. The number of phenolic OH excluding ortho intramolecular Hbond substituents is 4. The number of hydrogen-bond donors (Lipinski definition) is 10. The van der Waals surface area contributed by atoms with Gasteiger partial charge in [0.05, 0.1) is 65.4 Å². The van der Waals surface area contributed by atoms with Crippen molar-refractivity contribution in [3.8, 4) is 34.5 Å². The molecule has 4 atom stereocenters. The quantitative estimate of drug-likeness (QED) is 0.0233. The molecule has 21 heteroatoms. The lowest BCUT2D eigenvalue weighted by Gasteiger charge is -2.15. The minimum absolute atomic E-state index is 0.0203. The molecule has 6 rings (SSSR count). The molecule has 21 nitrogen and oxygen atoms in total. The van der Waals surface area contributed by atoms with Gasteiger partial charge < -0.3 is 74.7 Å². The fraction of sp³-hybridized carbons (Fsp3) is 0.300. The molecule has 0 spiro atoms. The molecular weight excluding hydrogens is 1060 g/mol. The Morgan fingerprint density at radius 1 is 0.481 bits per heavy atom. The zero-order valence-corrected chi connectivity index (χ0v) is 45.9. The zero-order chi connectivity index (χ0) is 61.0. The van der Waals surface area contributed by atoms with Crippen molar-refractivity contribution in [1.82, 2.24) is 0 Å². The number of phenols is 4. The molecule has 6 aromatic rings. The number of carbonyl (C=O) groups excluding carboxylic acids is 5. The van der Waals surface area contributed by atoms with Crippen LogP contribution in [0.1, 0.15) is 130 Å². The summed E-state index contributed by atoms with van der Waals surface area (Å²) in [7, 11) is 0. The van der Waals surface area contributed by atoms with Gasteiger partial charge in [0.2, 0.25) is 0 Å². The molecule has 0 aliphatic heterocycles. The lowest BCUT2D eigenvalue weighted by Crippen LogP contribution is -2.25. The smallest absolute Gasteiger partial charge is 0.343 e. The molecule has 0 bridgehead atoms. The standard InChI is InChI=1S/C17H16O5.C14H10O5.C11H14O4.C10H12O3.2C4H10O2/c1-11(2)21-16(19)13-5-9-15(10-6-13)22-17(20)12-3-7-14(18)8-4-12;15-10-7-5-9(6-8-10)14(18)19-12-4-2-1-3-11(12)13(16)17;1-7(12)8(2)15-11(14)9-3-5-10(13)6-4-9;1-2-7-13-10(12)8-3-5-9(11)6-4-8;1-4(6)2-3-5;1-2-4(6)3-5/h3-11,18H,1-2H3;1-8,15H,(H,16,17);3-8,12-13H,1-2H3;3-6,11H,2,7H2,1H3;2*4-6H,2-3H2,1H3. The van der Waals surface area contributed by atoms with Gasteiger partial charge in [0.1, 0.15) is 46.2 Å². The molecule has 6 aromatic carbocycles. The van der Waals surface area contributed by atoms with Crippen LogP contribution >= 0.6 is 0 Å². The molecule has 438 valence electrons. The first-order valence-electron chi connectivity index (χ1n) is 25.2. The lowest BCUT2D eigenvalue weighted by molar-refractivity contribution is -0.00472. The molecule has 4 unspecified atom stereocenters. The van der Waals surface area contributed by atoms with Crippen molar-refractivity contribution in [3.05, 3.63) is 179 Å². The van der Waals surface area contributed by atoms with Crippen molar-refractivity contribution in [2.24, 2.45) is 0 Å². The Balaban J connectivity index is 0.000000512. The first kappa shape index (κ1) is 70.2. The molecule has 10 N–H and O–H groups in total. The van der Waals surface area contributed by atoms with Crippen molar-refractivity contribution in [3.63, 3.8) is 0 Å². The summed E-state index contributed by atoms with van der Waals surface area (Å²) >= 11 is 0. The Hall–Kier alpha value is -8.86. The van der Waals surface area contributed by atoms with Gasteiger partial charge in [0.15, 0.2) is 0 Å². The number of para-hydroxylation sites is 1. The number of carbonyl (C=O) groups is 6. The van der Waals surface area contributed by atoms with Crippen LogP contribution in [0.25, 0.3) is 0 Å². The molecule has 0 heterocycles. The number of esters is 5. The minimum Gasteiger partial charge on any atom is -0.508 e. The topological polar surface area (TPSA) is 351 Å². The van der Waals surface area contributed by atoms with E-state index in [0.717, 1.165) is 6.42 Å². The van der Waals surface area contributed by atoms with Gasteiger partial charge in [-0.2, -0.15) is 0 Å². The number of benzene rings is 6. The monoisotopic (exact) mass is 1130 g/mol. The molecule has 0 amide bonds. The van der Waals surface area contributed by atoms with Crippen LogP contribution < -0.4 is 9.47 Å². The average Bonchev–Trinajstić information content (AvgIpc) is 3.44. The van der Waals surface area contributed by atoms with E-state index in [1.54, 1.807) is 46.8 Å². The van der Waals surface area contributed by atoms with E-state index in [4.69, 9.17) is 69.6 Å². The van der Waals surface area contributed by atoms with Crippen LogP contribution in [-0.4, -0.2) is 137 Å². The van der Waals surface area contributed by atoms with E-state index < -0.39 is 48.2 Å². The van der Waals surface area contributed by atoms with Crippen molar-refractivity contribution >= 4 is 35.8 Å². The largest absolute Gasteiger partial charge is 0.508 e. The van der Waals surface area contributed by atoms with E-state index in [-0.39, 0.29) is 71.3 Å². The number of ether oxygens (including phenoxy) is 5. The molecular formula is C60H72O21. The SMILES string of the molecule is CC(C)OC(=O)c1ccc(OC(=O)c2ccc(O)cc2)cc1.CC(O)C(C)OC(=O)c1ccc(O)cc1.CC(O)CCO.CCC(O)CO.CCCOC(=O)c1ccc(O)cc1.O=C(Oc1ccccc1C(=O)O)c1ccc(O)cc1. The highest BCUT2D eigenvalue weighted by atomic mass is 16.6. The Labute approximate surface area is 469 Å². The second-order valence-corrected chi connectivity index (χ2v) is 17.3. The summed E-state index contributed by atoms with van der Waals surface area (Å²) in [5.41, 5.74) is 1.65. The molecule has 0 aromatic heterocycles. The van der Waals surface area contributed by atoms with Gasteiger partial charge in [-0.05, 0) is 187 Å². The third kappa shape index (κ3) is 29.6. The van der Waals surface area contributed by atoms with Gasteiger partial charge in [-0.1, -0.05) is 26.0 Å². The fourth-order valence-electron chi connectivity index (χ4n) is 5.32. The van der Waals surface area contributed by atoms with Crippen molar-refractivity contribution < 1.29 is 104 Å². The van der Waals surface area contributed by atoms with Crippen LogP contribution in [0.2, 0.25) is 0 Å². The second-order valence-electron chi connectivity index (χ2n) is 17.3. The predicted molar refractivity (Wildman–Crippen MR) is 297 cm³/mol. The Bertz CT molecular complexity index is 2770. The fourth-order valence-corrected chi connectivity index (χ4v) is 5.32. The van der Waals surface area contributed by atoms with E-state index >= 15 is 0 Å². The van der Waals surface area contributed by atoms with Crippen molar-refractivity contribution in [1.29, 1.82) is 0 Å². The zero-order valence-electron chi connectivity index (χ0n) is 45.9. The Morgan fingerprint density at radius 3 is 1.20 bits per heavy atom. The highest BCUT2D eigenvalue weighted by Gasteiger charge is 2.17. The van der Waals surface area contributed by atoms with E-state index in [9.17, 15) is 33.9 Å². The maximum atomic E-state index is 11.9. The molecule has 0 radical (unpaired) electrons. The number of carboxylic acid groups (broad SMARTS) is 1. The third-order valence-electron chi connectivity index (χ3n) is 10.0. The average molecular weight is 1130 g/mol. The first-order valence-corrected chi connectivity index (χ1v) is 25.2. The molecule has 0 saturated carbocycles. The molecule has 81 heavy (non-hydrogen) atoms. The van der Waals surface area contributed by atoms with Gasteiger partial charge >= 0.3 is 35.8 Å². The number of aromatic hydroxyl groups is 4. The van der Waals surface area contributed by atoms with Crippen LogP contribution in [0, 0.1) is 0 Å².